The van der Waals surface area contributed by atoms with E-state index in [0.717, 1.165) is 61.8 Å². The lowest BCUT2D eigenvalue weighted by Gasteiger charge is -2.31. The third-order valence-electron chi connectivity index (χ3n) is 7.03. The van der Waals surface area contributed by atoms with Crippen molar-refractivity contribution in [3.8, 4) is 0 Å². The Labute approximate surface area is 189 Å². The van der Waals surface area contributed by atoms with Crippen molar-refractivity contribution in [2.45, 2.75) is 64.3 Å². The number of aryl methyl sites for hydroxylation is 1. The summed E-state index contributed by atoms with van der Waals surface area (Å²) in [6.45, 7) is 4.12. The minimum absolute atomic E-state index is 0.258. The number of hydrogen-bond acceptors (Lipinski definition) is 5. The van der Waals surface area contributed by atoms with Gasteiger partial charge in [0.2, 0.25) is 0 Å². The van der Waals surface area contributed by atoms with E-state index in [1.165, 1.54) is 30.5 Å². The molecule has 0 bridgehead atoms. The summed E-state index contributed by atoms with van der Waals surface area (Å²) >= 11 is 0. The summed E-state index contributed by atoms with van der Waals surface area (Å²) < 4.78 is 14.2. The summed E-state index contributed by atoms with van der Waals surface area (Å²) in [7, 11) is 0. The first-order valence-electron chi connectivity index (χ1n) is 12.0. The summed E-state index contributed by atoms with van der Waals surface area (Å²) in [6.07, 6.45) is 14.5. The Balaban J connectivity index is 1.27. The maximum Gasteiger partial charge on any atom is 0.165 e. The van der Waals surface area contributed by atoms with Crippen LogP contribution < -0.4 is 10.2 Å². The summed E-state index contributed by atoms with van der Waals surface area (Å²) in [4.78, 5) is 16.0. The second-order valence-corrected chi connectivity index (χ2v) is 9.49. The van der Waals surface area contributed by atoms with Gasteiger partial charge < -0.3 is 10.2 Å². The van der Waals surface area contributed by atoms with Gasteiger partial charge in [0.1, 0.15) is 0 Å². The lowest BCUT2D eigenvalue weighted by molar-refractivity contribution is 0.336. The SMILES string of the molecule is Cc1cnc(N[C@H]2CC[C@@H](Cc3cc(N4CCCCC4)cc4nccnc34)CC2)c(F)c1. The number of fused-ring (bicyclic) bond motifs is 1. The number of pyridine rings is 1. The molecule has 1 saturated carbocycles. The monoisotopic (exact) mass is 433 g/mol. The van der Waals surface area contributed by atoms with Crippen LogP contribution in [0.1, 0.15) is 56.1 Å². The minimum Gasteiger partial charge on any atom is -0.371 e. The van der Waals surface area contributed by atoms with Crippen LogP contribution in [0, 0.1) is 18.7 Å². The predicted molar refractivity (Wildman–Crippen MR) is 128 cm³/mol. The number of halogens is 1. The third kappa shape index (κ3) is 4.69. The Morgan fingerprint density at radius 3 is 2.53 bits per heavy atom. The smallest absolute Gasteiger partial charge is 0.165 e. The summed E-state index contributed by atoms with van der Waals surface area (Å²) in [5.74, 6) is 0.743. The van der Waals surface area contributed by atoms with Gasteiger partial charge in [-0.2, -0.15) is 0 Å². The number of rotatable bonds is 5. The highest BCUT2D eigenvalue weighted by atomic mass is 19.1. The molecule has 5 rings (SSSR count). The van der Waals surface area contributed by atoms with Crippen molar-refractivity contribution in [3.63, 3.8) is 0 Å². The number of aromatic nitrogens is 3. The molecule has 2 aromatic heterocycles. The Morgan fingerprint density at radius 1 is 0.969 bits per heavy atom. The highest BCUT2D eigenvalue weighted by Gasteiger charge is 2.24. The van der Waals surface area contributed by atoms with Gasteiger partial charge in [-0.3, -0.25) is 9.97 Å². The van der Waals surface area contributed by atoms with Gasteiger partial charge in [-0.1, -0.05) is 0 Å². The maximum atomic E-state index is 14.2. The first-order valence-corrected chi connectivity index (χ1v) is 12.0. The van der Waals surface area contributed by atoms with E-state index in [4.69, 9.17) is 0 Å². The molecular formula is C26H32FN5. The van der Waals surface area contributed by atoms with Gasteiger partial charge in [0.15, 0.2) is 11.6 Å². The zero-order chi connectivity index (χ0) is 21.9. The van der Waals surface area contributed by atoms with Gasteiger partial charge in [-0.15, -0.1) is 0 Å². The number of piperidine rings is 1. The molecule has 1 aromatic carbocycles. The van der Waals surface area contributed by atoms with Crippen molar-refractivity contribution in [2.24, 2.45) is 5.92 Å². The molecule has 168 valence electrons. The van der Waals surface area contributed by atoms with Crippen molar-refractivity contribution in [1.29, 1.82) is 0 Å². The van der Waals surface area contributed by atoms with Gasteiger partial charge in [0.25, 0.3) is 0 Å². The van der Waals surface area contributed by atoms with Crippen molar-refractivity contribution in [3.05, 3.63) is 53.7 Å². The van der Waals surface area contributed by atoms with Crippen LogP contribution in [-0.2, 0) is 6.42 Å². The highest BCUT2D eigenvalue weighted by molar-refractivity contribution is 5.82. The van der Waals surface area contributed by atoms with Crippen LogP contribution in [0.5, 0.6) is 0 Å². The number of hydrogen-bond donors (Lipinski definition) is 1. The second-order valence-electron chi connectivity index (χ2n) is 9.49. The van der Waals surface area contributed by atoms with E-state index in [1.807, 2.05) is 6.92 Å². The summed E-state index contributed by atoms with van der Waals surface area (Å²) in [5.41, 5.74) is 5.50. The van der Waals surface area contributed by atoms with Crippen molar-refractivity contribution in [1.82, 2.24) is 15.0 Å². The lowest BCUT2D eigenvalue weighted by atomic mass is 9.82. The van der Waals surface area contributed by atoms with E-state index in [9.17, 15) is 4.39 Å². The van der Waals surface area contributed by atoms with E-state index in [1.54, 1.807) is 24.7 Å². The fraction of sp³-hybridized carbons (Fsp3) is 0.500. The van der Waals surface area contributed by atoms with E-state index < -0.39 is 0 Å². The molecule has 3 heterocycles. The van der Waals surface area contributed by atoms with Crippen LogP contribution in [0.2, 0.25) is 0 Å². The Bertz CT molecular complexity index is 1070. The molecule has 0 spiro atoms. The fourth-order valence-corrected chi connectivity index (χ4v) is 5.28. The standard InChI is InChI=1S/C26H32FN5/c1-18-13-23(27)26(30-17-18)31-21-7-5-19(6-8-21)14-20-15-22(32-11-3-2-4-12-32)16-24-25(20)29-10-9-28-24/h9-10,13,15-17,19,21H,2-8,11-12,14H2,1H3,(H,30,31)/t19-,21+. The van der Waals surface area contributed by atoms with Gasteiger partial charge >= 0.3 is 0 Å². The van der Waals surface area contributed by atoms with Gasteiger partial charge in [0.05, 0.1) is 11.0 Å². The molecule has 0 atom stereocenters. The molecular weight excluding hydrogens is 401 g/mol. The van der Waals surface area contributed by atoms with Gasteiger partial charge in [0, 0.05) is 43.4 Å². The molecule has 1 aliphatic heterocycles. The van der Waals surface area contributed by atoms with Crippen molar-refractivity contribution < 1.29 is 4.39 Å². The first-order chi connectivity index (χ1) is 15.7. The molecule has 3 aromatic rings. The van der Waals surface area contributed by atoms with Crippen molar-refractivity contribution in [2.75, 3.05) is 23.3 Å². The second kappa shape index (κ2) is 9.39. The molecule has 2 aliphatic rings. The topological polar surface area (TPSA) is 53.9 Å². The molecule has 0 unspecified atom stereocenters. The normalized spacial score (nSPS) is 21.6. The van der Waals surface area contributed by atoms with Crippen LogP contribution in [0.25, 0.3) is 11.0 Å². The first kappa shape index (κ1) is 21.1. The maximum absolute atomic E-state index is 14.2. The molecule has 5 nitrogen and oxygen atoms in total. The number of nitrogens with one attached hydrogen (secondary N) is 1. The van der Waals surface area contributed by atoms with Crippen LogP contribution in [0.15, 0.2) is 36.8 Å². The summed E-state index contributed by atoms with van der Waals surface area (Å²) in [6, 6.07) is 6.40. The predicted octanol–water partition coefficient (Wildman–Crippen LogP) is 5.68. The average Bonchev–Trinajstić information content (AvgIpc) is 2.82. The van der Waals surface area contributed by atoms with Crippen LogP contribution >= 0.6 is 0 Å². The molecule has 0 amide bonds. The molecule has 1 aliphatic carbocycles. The molecule has 32 heavy (non-hydrogen) atoms. The number of anilines is 2. The Morgan fingerprint density at radius 2 is 1.75 bits per heavy atom. The highest BCUT2D eigenvalue weighted by Crippen LogP contribution is 2.33. The van der Waals surface area contributed by atoms with E-state index in [2.05, 4.69) is 37.3 Å². The Hall–Kier alpha value is -2.76. The number of nitrogens with zero attached hydrogens (tertiary/aromatic N) is 4. The van der Waals surface area contributed by atoms with Crippen LogP contribution in [0.3, 0.4) is 0 Å². The molecule has 0 radical (unpaired) electrons. The average molecular weight is 434 g/mol. The Kier molecular flexibility index (Phi) is 6.19. The molecule has 1 N–H and O–H groups in total. The largest absolute Gasteiger partial charge is 0.371 e. The van der Waals surface area contributed by atoms with E-state index >= 15 is 0 Å². The summed E-state index contributed by atoms with van der Waals surface area (Å²) in [5, 5.41) is 3.33. The molecule has 1 saturated heterocycles. The zero-order valence-electron chi connectivity index (χ0n) is 18.9. The van der Waals surface area contributed by atoms with Gasteiger partial charge in [-0.05, 0) is 93.5 Å². The number of benzene rings is 1. The van der Waals surface area contributed by atoms with Crippen molar-refractivity contribution >= 4 is 22.5 Å². The quantitative estimate of drug-likeness (QED) is 0.561. The van der Waals surface area contributed by atoms with E-state index in [-0.39, 0.29) is 11.9 Å². The van der Waals surface area contributed by atoms with Crippen LogP contribution in [-0.4, -0.2) is 34.1 Å². The minimum atomic E-state index is -0.258. The van der Waals surface area contributed by atoms with Crippen LogP contribution in [0.4, 0.5) is 15.9 Å². The molecule has 2 fully saturated rings. The zero-order valence-corrected chi connectivity index (χ0v) is 18.9. The molecule has 6 heteroatoms. The van der Waals surface area contributed by atoms with Gasteiger partial charge in [-0.25, -0.2) is 9.37 Å². The third-order valence-corrected chi connectivity index (χ3v) is 7.03. The fourth-order valence-electron chi connectivity index (χ4n) is 5.28. The van der Waals surface area contributed by atoms with E-state index in [0.29, 0.717) is 11.7 Å². The lowest BCUT2D eigenvalue weighted by Crippen LogP contribution is -2.29.